The minimum Gasteiger partial charge on any atom is -0.481 e. The molecule has 3 aliphatic rings. The molecule has 1 aromatic carbocycles. The zero-order valence-electron chi connectivity index (χ0n) is 13.4. The van der Waals surface area contributed by atoms with Crippen molar-refractivity contribution in [3.63, 3.8) is 0 Å². The molecule has 5 nitrogen and oxygen atoms in total. The molecule has 0 radical (unpaired) electrons. The second kappa shape index (κ2) is 5.03. The molecule has 5 heteroatoms. The van der Waals surface area contributed by atoms with Gasteiger partial charge in [-0.2, -0.15) is 0 Å². The minimum absolute atomic E-state index is 0.0848. The van der Waals surface area contributed by atoms with Gasteiger partial charge in [-0.05, 0) is 31.7 Å². The van der Waals surface area contributed by atoms with Crippen LogP contribution in [0.2, 0.25) is 0 Å². The lowest BCUT2D eigenvalue weighted by atomic mass is 9.98. The van der Waals surface area contributed by atoms with Crippen molar-refractivity contribution < 1.29 is 24.1 Å². The number of carbonyl (C=O) groups is 1. The van der Waals surface area contributed by atoms with E-state index in [2.05, 4.69) is 0 Å². The van der Waals surface area contributed by atoms with Crippen molar-refractivity contribution in [1.29, 1.82) is 0 Å². The van der Waals surface area contributed by atoms with Crippen molar-refractivity contribution in [1.82, 2.24) is 0 Å². The van der Waals surface area contributed by atoms with Gasteiger partial charge in [-0.15, -0.1) is 0 Å². The van der Waals surface area contributed by atoms with Gasteiger partial charge >= 0.3 is 5.97 Å². The smallest absolute Gasteiger partial charge is 0.312 e. The molecule has 2 saturated carbocycles. The Labute approximate surface area is 135 Å². The molecule has 4 rings (SSSR count). The lowest BCUT2D eigenvalue weighted by Gasteiger charge is -2.22. The fraction of sp³-hybridized carbons (Fsp3) is 0.611. The second-order valence-electron chi connectivity index (χ2n) is 7.34. The fourth-order valence-corrected chi connectivity index (χ4v) is 4.36. The number of hydrogen-bond acceptors (Lipinski definition) is 4. The van der Waals surface area contributed by atoms with Gasteiger partial charge in [0.15, 0.2) is 5.79 Å². The summed E-state index contributed by atoms with van der Waals surface area (Å²) in [6.45, 7) is 4.74. The topological polar surface area (TPSA) is 65.0 Å². The minimum atomic E-state index is -0.765. The van der Waals surface area contributed by atoms with Gasteiger partial charge in [0, 0.05) is 5.92 Å². The Kier molecular flexibility index (Phi) is 3.31. The van der Waals surface area contributed by atoms with E-state index in [1.165, 1.54) is 0 Å². The predicted octanol–water partition coefficient (Wildman–Crippen LogP) is 2.44. The first kappa shape index (κ1) is 15.1. The molecule has 5 atom stereocenters. The van der Waals surface area contributed by atoms with Gasteiger partial charge in [0.05, 0.1) is 19.3 Å². The van der Waals surface area contributed by atoms with Crippen LogP contribution in [-0.4, -0.2) is 35.7 Å². The molecule has 2 aliphatic carbocycles. The summed E-state index contributed by atoms with van der Waals surface area (Å²) in [6.07, 6.45) is 0.128. The maximum Gasteiger partial charge on any atom is 0.312 e. The van der Waals surface area contributed by atoms with E-state index >= 15 is 0 Å². The Morgan fingerprint density at radius 2 is 2.04 bits per heavy atom. The quantitative estimate of drug-likeness (QED) is 0.903. The highest BCUT2D eigenvalue weighted by atomic mass is 16.8. The Morgan fingerprint density at radius 3 is 2.74 bits per heavy atom. The lowest BCUT2D eigenvalue weighted by molar-refractivity contribution is -0.172. The van der Waals surface area contributed by atoms with Crippen LogP contribution in [0.25, 0.3) is 0 Å². The van der Waals surface area contributed by atoms with E-state index < -0.39 is 17.2 Å². The number of carboxylic acids is 1. The summed E-state index contributed by atoms with van der Waals surface area (Å²) in [5.41, 5.74) is 0.352. The highest BCUT2D eigenvalue weighted by Gasteiger charge is 2.79. The maximum absolute atomic E-state index is 11.8. The molecule has 1 N–H and O–H groups in total. The Bertz CT molecular complexity index is 613. The third kappa shape index (κ3) is 2.30. The fourth-order valence-electron chi connectivity index (χ4n) is 4.36. The molecular formula is C18H22O5. The molecule has 1 heterocycles. The van der Waals surface area contributed by atoms with Crippen LogP contribution in [0.1, 0.15) is 25.8 Å². The number of hydrogen-bond donors (Lipinski definition) is 1. The SMILES string of the molecule is CC1(C)O[C@H]2[C@H](COCc3ccccc3)[C@H]3C[C@@]3(C(=O)O)[C@H]2O1. The van der Waals surface area contributed by atoms with E-state index in [1.807, 2.05) is 44.2 Å². The number of benzene rings is 1. The Morgan fingerprint density at radius 1 is 1.30 bits per heavy atom. The van der Waals surface area contributed by atoms with Crippen LogP contribution in [0, 0.1) is 17.3 Å². The third-order valence-corrected chi connectivity index (χ3v) is 5.45. The molecule has 0 unspecified atom stereocenters. The molecule has 3 fully saturated rings. The van der Waals surface area contributed by atoms with E-state index in [0.717, 1.165) is 5.56 Å². The van der Waals surface area contributed by atoms with Crippen LogP contribution in [0.15, 0.2) is 30.3 Å². The van der Waals surface area contributed by atoms with Crippen LogP contribution in [-0.2, 0) is 25.6 Å². The zero-order chi connectivity index (χ0) is 16.2. The standard InChI is InChI=1S/C18H22O5/c1-17(2)22-14-12(10-21-9-11-6-4-3-5-7-11)13-8-18(13,16(19)20)15(14)23-17/h3-7,12-15H,8-10H2,1-2H3,(H,19,20)/t12-,13-,14+,15+,18+/m1/s1. The first-order chi connectivity index (χ1) is 10.9. The summed E-state index contributed by atoms with van der Waals surface area (Å²) in [6, 6.07) is 9.99. The van der Waals surface area contributed by atoms with Crippen molar-refractivity contribution in [3.05, 3.63) is 35.9 Å². The van der Waals surface area contributed by atoms with Gasteiger partial charge in [0.25, 0.3) is 0 Å². The van der Waals surface area contributed by atoms with Gasteiger partial charge in [0.2, 0.25) is 0 Å². The van der Waals surface area contributed by atoms with Crippen molar-refractivity contribution in [2.45, 2.75) is 44.9 Å². The zero-order valence-corrected chi connectivity index (χ0v) is 13.4. The summed E-state index contributed by atoms with van der Waals surface area (Å²) < 4.78 is 17.8. The molecule has 1 aliphatic heterocycles. The number of ether oxygens (including phenoxy) is 3. The van der Waals surface area contributed by atoms with Crippen LogP contribution >= 0.6 is 0 Å². The van der Waals surface area contributed by atoms with Crippen LogP contribution in [0.5, 0.6) is 0 Å². The molecule has 1 aromatic rings. The van der Waals surface area contributed by atoms with E-state index in [0.29, 0.717) is 19.6 Å². The summed E-state index contributed by atoms with van der Waals surface area (Å²) >= 11 is 0. The van der Waals surface area contributed by atoms with Crippen molar-refractivity contribution in [2.24, 2.45) is 17.3 Å². The monoisotopic (exact) mass is 318 g/mol. The molecule has 23 heavy (non-hydrogen) atoms. The van der Waals surface area contributed by atoms with Gasteiger partial charge in [-0.1, -0.05) is 30.3 Å². The third-order valence-electron chi connectivity index (χ3n) is 5.45. The maximum atomic E-state index is 11.8. The van der Waals surface area contributed by atoms with Gasteiger partial charge < -0.3 is 19.3 Å². The van der Waals surface area contributed by atoms with Crippen molar-refractivity contribution >= 4 is 5.97 Å². The van der Waals surface area contributed by atoms with Crippen LogP contribution in [0.4, 0.5) is 0 Å². The number of fused-ring (bicyclic) bond motifs is 3. The molecule has 0 aromatic heterocycles. The molecule has 0 amide bonds. The summed E-state index contributed by atoms with van der Waals surface area (Å²) in [5, 5.41) is 9.68. The molecule has 0 spiro atoms. The average Bonchev–Trinajstić information content (AvgIpc) is 3.10. The first-order valence-electron chi connectivity index (χ1n) is 8.15. The first-order valence-corrected chi connectivity index (χ1v) is 8.15. The molecule has 124 valence electrons. The van der Waals surface area contributed by atoms with Crippen molar-refractivity contribution in [2.75, 3.05) is 6.61 Å². The number of aliphatic carboxylic acids is 1. The second-order valence-corrected chi connectivity index (χ2v) is 7.34. The summed E-state index contributed by atoms with van der Waals surface area (Å²) in [5.74, 6) is -1.30. The van der Waals surface area contributed by atoms with Gasteiger partial charge in [-0.25, -0.2) is 0 Å². The predicted molar refractivity (Wildman–Crippen MR) is 81.6 cm³/mol. The van der Waals surface area contributed by atoms with Crippen LogP contribution in [0.3, 0.4) is 0 Å². The molecule has 0 bridgehead atoms. The normalized spacial score (nSPS) is 39.7. The lowest BCUT2D eigenvalue weighted by Crippen LogP contribution is -2.35. The number of carboxylic acid groups (broad SMARTS) is 1. The largest absolute Gasteiger partial charge is 0.481 e. The Hall–Kier alpha value is -1.43. The molecular weight excluding hydrogens is 296 g/mol. The molecule has 1 saturated heterocycles. The van der Waals surface area contributed by atoms with E-state index in [4.69, 9.17) is 14.2 Å². The van der Waals surface area contributed by atoms with E-state index in [1.54, 1.807) is 0 Å². The van der Waals surface area contributed by atoms with Crippen LogP contribution < -0.4 is 0 Å². The van der Waals surface area contributed by atoms with Gasteiger partial charge in [0.1, 0.15) is 11.5 Å². The van der Waals surface area contributed by atoms with E-state index in [9.17, 15) is 9.90 Å². The van der Waals surface area contributed by atoms with Crippen molar-refractivity contribution in [3.8, 4) is 0 Å². The van der Waals surface area contributed by atoms with E-state index in [-0.39, 0.29) is 24.0 Å². The summed E-state index contributed by atoms with van der Waals surface area (Å²) in [7, 11) is 0. The number of rotatable bonds is 5. The Balaban J connectivity index is 1.46. The summed E-state index contributed by atoms with van der Waals surface area (Å²) in [4.78, 5) is 11.8. The van der Waals surface area contributed by atoms with Gasteiger partial charge in [-0.3, -0.25) is 4.79 Å². The highest BCUT2D eigenvalue weighted by Crippen LogP contribution is 2.70. The highest BCUT2D eigenvalue weighted by molar-refractivity contribution is 5.81. The average molecular weight is 318 g/mol.